The molecule has 2 unspecified atom stereocenters. The van der Waals surface area contributed by atoms with Crippen molar-refractivity contribution in [3.63, 3.8) is 0 Å². The van der Waals surface area contributed by atoms with Gasteiger partial charge in [-0.3, -0.25) is 0 Å². The molecule has 2 nitrogen and oxygen atoms in total. The molecule has 3 heteroatoms. The number of nitrogens with zero attached hydrogens (tertiary/aromatic N) is 1. The van der Waals surface area contributed by atoms with Gasteiger partial charge in [-0.2, -0.15) is 5.26 Å². The van der Waals surface area contributed by atoms with Crippen molar-refractivity contribution in [1.29, 1.82) is 5.26 Å². The summed E-state index contributed by atoms with van der Waals surface area (Å²) in [5.74, 6) is 7.28. The quantitative estimate of drug-likeness (QED) is 0.603. The van der Waals surface area contributed by atoms with Crippen LogP contribution in [0.4, 0.5) is 0 Å². The van der Waals surface area contributed by atoms with Gasteiger partial charge in [0.05, 0.1) is 24.7 Å². The Morgan fingerprint density at radius 1 is 1.26 bits per heavy atom. The lowest BCUT2D eigenvalue weighted by Crippen LogP contribution is -3.13. The number of hydrogen-bond donors (Lipinski definition) is 1. The highest BCUT2D eigenvalue weighted by atomic mass is 35.5. The molecule has 1 aliphatic heterocycles. The summed E-state index contributed by atoms with van der Waals surface area (Å²) in [6, 6.07) is 9.59. The first-order valence-electron chi connectivity index (χ1n) is 6.60. The van der Waals surface area contributed by atoms with E-state index in [0.29, 0.717) is 5.56 Å². The number of hydrogen-bond acceptors (Lipinski definition) is 1. The van der Waals surface area contributed by atoms with Crippen LogP contribution in [0, 0.1) is 29.1 Å². The molecule has 0 amide bonds. The Balaban J connectivity index is 0.00000180. The van der Waals surface area contributed by atoms with E-state index < -0.39 is 0 Å². The van der Waals surface area contributed by atoms with Crippen molar-refractivity contribution in [2.24, 2.45) is 5.92 Å². The molecule has 0 aliphatic carbocycles. The number of likely N-dealkylation sites (tertiary alicyclic amines) is 1. The number of quaternary nitrogens is 1. The Hall–Kier alpha value is -1.48. The summed E-state index contributed by atoms with van der Waals surface area (Å²) in [5, 5.41) is 8.71. The second kappa shape index (κ2) is 7.85. The van der Waals surface area contributed by atoms with Crippen LogP contribution in [-0.4, -0.2) is 19.6 Å². The molecule has 1 aromatic carbocycles. The third kappa shape index (κ3) is 4.95. The van der Waals surface area contributed by atoms with E-state index in [9.17, 15) is 0 Å². The van der Waals surface area contributed by atoms with Crippen molar-refractivity contribution >= 4 is 0 Å². The largest absolute Gasteiger partial charge is 1.00 e. The SMILES string of the molecule is CC1CCC[NH+](CC#Cc2ccc(C#N)cc2)C1.[Cl-]. The van der Waals surface area contributed by atoms with Gasteiger partial charge in [0.15, 0.2) is 0 Å². The van der Waals surface area contributed by atoms with E-state index in [1.165, 1.54) is 25.9 Å². The van der Waals surface area contributed by atoms with Crippen molar-refractivity contribution in [3.8, 4) is 17.9 Å². The van der Waals surface area contributed by atoms with Gasteiger partial charge in [0.1, 0.15) is 6.54 Å². The maximum absolute atomic E-state index is 8.71. The molecule has 0 radical (unpaired) electrons. The molecule has 0 aromatic heterocycles. The van der Waals surface area contributed by atoms with Gasteiger partial charge < -0.3 is 17.3 Å². The molecular formula is C16H19ClN2. The molecule has 0 spiro atoms. The minimum Gasteiger partial charge on any atom is -1.00 e. The van der Waals surface area contributed by atoms with Crippen LogP contribution in [0.3, 0.4) is 0 Å². The Morgan fingerprint density at radius 3 is 2.58 bits per heavy atom. The molecule has 1 fully saturated rings. The first-order valence-corrected chi connectivity index (χ1v) is 6.60. The van der Waals surface area contributed by atoms with Crippen LogP contribution in [0.2, 0.25) is 0 Å². The Morgan fingerprint density at radius 2 is 1.95 bits per heavy atom. The molecule has 1 aromatic rings. The summed E-state index contributed by atoms with van der Waals surface area (Å²) in [6.07, 6.45) is 2.70. The van der Waals surface area contributed by atoms with Gasteiger partial charge in [0, 0.05) is 11.5 Å². The number of piperidine rings is 1. The number of halogens is 1. The molecule has 2 atom stereocenters. The van der Waals surface area contributed by atoms with Gasteiger partial charge in [-0.25, -0.2) is 0 Å². The molecule has 100 valence electrons. The van der Waals surface area contributed by atoms with Crippen LogP contribution in [-0.2, 0) is 0 Å². The van der Waals surface area contributed by atoms with Gasteiger partial charge in [0.25, 0.3) is 0 Å². The molecule has 2 rings (SSSR count). The smallest absolute Gasteiger partial charge is 0.139 e. The average molecular weight is 275 g/mol. The van der Waals surface area contributed by atoms with E-state index in [0.717, 1.165) is 18.0 Å². The fourth-order valence-corrected chi connectivity index (χ4v) is 2.46. The van der Waals surface area contributed by atoms with E-state index in [1.54, 1.807) is 4.90 Å². The Kier molecular flexibility index (Phi) is 6.43. The molecule has 1 saturated heterocycles. The van der Waals surface area contributed by atoms with Crippen LogP contribution in [0.25, 0.3) is 0 Å². The summed E-state index contributed by atoms with van der Waals surface area (Å²) in [5.41, 5.74) is 1.69. The molecule has 19 heavy (non-hydrogen) atoms. The summed E-state index contributed by atoms with van der Waals surface area (Å²) in [4.78, 5) is 1.61. The molecule has 0 saturated carbocycles. The third-order valence-corrected chi connectivity index (χ3v) is 3.45. The van der Waals surface area contributed by atoms with Crippen molar-refractivity contribution in [1.82, 2.24) is 0 Å². The van der Waals surface area contributed by atoms with E-state index in [4.69, 9.17) is 5.26 Å². The monoisotopic (exact) mass is 274 g/mol. The van der Waals surface area contributed by atoms with Gasteiger partial charge in [-0.1, -0.05) is 12.8 Å². The zero-order valence-electron chi connectivity index (χ0n) is 11.2. The summed E-state index contributed by atoms with van der Waals surface area (Å²) in [6.45, 7) is 5.77. The zero-order valence-corrected chi connectivity index (χ0v) is 12.0. The average Bonchev–Trinajstić information content (AvgIpc) is 2.40. The molecule has 1 aliphatic rings. The summed E-state index contributed by atoms with van der Waals surface area (Å²) in [7, 11) is 0. The first-order chi connectivity index (χ1) is 8.78. The van der Waals surface area contributed by atoms with E-state index in [1.807, 2.05) is 24.3 Å². The number of nitriles is 1. The highest BCUT2D eigenvalue weighted by Gasteiger charge is 2.17. The van der Waals surface area contributed by atoms with Crippen molar-refractivity contribution in [2.75, 3.05) is 19.6 Å². The van der Waals surface area contributed by atoms with Gasteiger partial charge in [0.2, 0.25) is 0 Å². The first kappa shape index (κ1) is 15.6. The topological polar surface area (TPSA) is 28.2 Å². The van der Waals surface area contributed by atoms with Gasteiger partial charge >= 0.3 is 0 Å². The Bertz CT molecular complexity index is 490. The molecule has 1 heterocycles. The second-order valence-electron chi connectivity index (χ2n) is 5.12. The number of benzene rings is 1. The minimum absolute atomic E-state index is 0. The molecule has 0 bridgehead atoms. The zero-order chi connectivity index (χ0) is 12.8. The molecule has 1 N–H and O–H groups in total. The van der Waals surface area contributed by atoms with Crippen molar-refractivity contribution in [2.45, 2.75) is 19.8 Å². The van der Waals surface area contributed by atoms with Crippen LogP contribution in [0.15, 0.2) is 24.3 Å². The maximum atomic E-state index is 8.71. The fourth-order valence-electron chi connectivity index (χ4n) is 2.46. The third-order valence-electron chi connectivity index (χ3n) is 3.45. The lowest BCUT2D eigenvalue weighted by Gasteiger charge is -2.26. The van der Waals surface area contributed by atoms with Crippen molar-refractivity contribution in [3.05, 3.63) is 35.4 Å². The van der Waals surface area contributed by atoms with Crippen LogP contribution < -0.4 is 17.3 Å². The predicted molar refractivity (Wildman–Crippen MR) is 72.0 cm³/mol. The normalized spacial score (nSPS) is 21.5. The summed E-state index contributed by atoms with van der Waals surface area (Å²) < 4.78 is 0. The van der Waals surface area contributed by atoms with Crippen LogP contribution in [0.1, 0.15) is 30.9 Å². The van der Waals surface area contributed by atoms with Gasteiger partial charge in [-0.05, 0) is 43.0 Å². The molecular weight excluding hydrogens is 256 g/mol. The van der Waals surface area contributed by atoms with Gasteiger partial charge in [-0.15, -0.1) is 0 Å². The van der Waals surface area contributed by atoms with E-state index in [-0.39, 0.29) is 12.4 Å². The maximum Gasteiger partial charge on any atom is 0.139 e. The summed E-state index contributed by atoms with van der Waals surface area (Å²) >= 11 is 0. The Labute approximate surface area is 121 Å². The highest BCUT2D eigenvalue weighted by molar-refractivity contribution is 5.39. The van der Waals surface area contributed by atoms with E-state index >= 15 is 0 Å². The second-order valence-corrected chi connectivity index (χ2v) is 5.12. The standard InChI is InChI=1S/C16H18N2.ClH/c1-14-4-2-10-18(13-14)11-3-5-15-6-8-16(12-17)9-7-15;/h6-9,14H,2,4,10-11,13H2,1H3;1H. The highest BCUT2D eigenvalue weighted by Crippen LogP contribution is 2.04. The fraction of sp³-hybridized carbons (Fsp3) is 0.438. The predicted octanol–water partition coefficient (Wildman–Crippen LogP) is -1.77. The van der Waals surface area contributed by atoms with Crippen molar-refractivity contribution < 1.29 is 17.3 Å². The lowest BCUT2D eigenvalue weighted by atomic mass is 10.0. The number of rotatable bonds is 1. The van der Waals surface area contributed by atoms with Crippen LogP contribution in [0.5, 0.6) is 0 Å². The van der Waals surface area contributed by atoms with E-state index in [2.05, 4.69) is 24.8 Å². The van der Waals surface area contributed by atoms with Crippen LogP contribution >= 0.6 is 0 Å². The number of nitrogens with one attached hydrogen (secondary N) is 1. The minimum atomic E-state index is 0. The lowest BCUT2D eigenvalue weighted by molar-refractivity contribution is -0.901.